The van der Waals surface area contributed by atoms with Crippen molar-refractivity contribution in [3.05, 3.63) is 48.6 Å². The Balaban J connectivity index is 1.96. The molecule has 2 bridgehead atoms. The van der Waals surface area contributed by atoms with Gasteiger partial charge in [-0.15, -0.1) is 0 Å². The van der Waals surface area contributed by atoms with Crippen LogP contribution in [0.3, 0.4) is 0 Å². The van der Waals surface area contributed by atoms with Gasteiger partial charge in [-0.1, -0.05) is 90.2 Å². The van der Waals surface area contributed by atoms with Gasteiger partial charge in [-0.05, 0) is 146 Å². The van der Waals surface area contributed by atoms with Crippen molar-refractivity contribution in [2.75, 3.05) is 46.2 Å². The Morgan fingerprint density at radius 3 is 1.27 bits per heavy atom. The number of unbranched alkanes of at least 4 members (excludes halogenated alkanes) is 8. The summed E-state index contributed by atoms with van der Waals surface area (Å²) in [5.41, 5.74) is -0.810. The van der Waals surface area contributed by atoms with Gasteiger partial charge in [0.05, 0.1) is 26.1 Å². The molecule has 4 unspecified atom stereocenters. The second-order valence-corrected chi connectivity index (χ2v) is 19.4. The average molecular weight is 887 g/mol. The van der Waals surface area contributed by atoms with E-state index in [9.17, 15) is 14.7 Å². The summed E-state index contributed by atoms with van der Waals surface area (Å²) in [6.45, 7) is 16.1. The van der Waals surface area contributed by atoms with Crippen LogP contribution in [-0.2, 0) is 38.0 Å². The van der Waals surface area contributed by atoms with E-state index in [-0.39, 0.29) is 47.6 Å². The molecule has 1 N–H and O–H groups in total. The third kappa shape index (κ3) is 27.1. The van der Waals surface area contributed by atoms with Crippen LogP contribution in [0.1, 0.15) is 202 Å². The van der Waals surface area contributed by atoms with E-state index in [1.54, 1.807) is 0 Å². The average Bonchev–Trinajstić information content (AvgIpc) is 3.26. The lowest BCUT2D eigenvalue weighted by Crippen LogP contribution is -2.52. The van der Waals surface area contributed by atoms with Crippen molar-refractivity contribution in [3.63, 3.8) is 0 Å². The lowest BCUT2D eigenvalue weighted by molar-refractivity contribution is -0.172. The van der Waals surface area contributed by atoms with E-state index < -0.39 is 12.6 Å². The zero-order valence-electron chi connectivity index (χ0n) is 41.2. The van der Waals surface area contributed by atoms with Gasteiger partial charge in [0.25, 0.3) is 0 Å². The first-order valence-electron chi connectivity index (χ1n) is 25.5. The molecule has 4 atom stereocenters. The number of hydrogen-bond acceptors (Lipinski definition) is 9. The smallest absolute Gasteiger partial charge is 0.305 e. The van der Waals surface area contributed by atoms with Gasteiger partial charge in [0, 0.05) is 56.7 Å². The molecule has 0 aromatic carbocycles. The number of aliphatic hydroxyl groups excluding tert-OH is 1. The van der Waals surface area contributed by atoms with Crippen LogP contribution in [0.15, 0.2) is 48.6 Å². The minimum atomic E-state index is -0.443. The number of esters is 2. The van der Waals surface area contributed by atoms with E-state index in [1.807, 2.05) is 0 Å². The van der Waals surface area contributed by atoms with Crippen molar-refractivity contribution < 1.29 is 43.1 Å². The molecule has 0 aromatic heterocycles. The van der Waals surface area contributed by atoms with Crippen molar-refractivity contribution in [2.24, 2.45) is 22.2 Å². The topological polar surface area (TPSA) is 110 Å². The molecule has 0 spiro atoms. The molecule has 2 rings (SSSR count). The maximum Gasteiger partial charge on any atom is 0.305 e. The van der Waals surface area contributed by atoms with Gasteiger partial charge in [0.15, 0.2) is 12.6 Å². The Hall–Kier alpha value is -2.30. The van der Waals surface area contributed by atoms with Crippen LogP contribution >= 0.6 is 0 Å². The normalized spacial score (nSPS) is 22.8. The highest BCUT2D eigenvalue weighted by atomic mass is 16.7. The summed E-state index contributed by atoms with van der Waals surface area (Å²) in [5.74, 6) is -0.141. The molecule has 9 heteroatoms. The highest BCUT2D eigenvalue weighted by Crippen LogP contribution is 2.60. The molecular weight excluding hydrogens is 793 g/mol. The molecule has 2 aliphatic carbocycles. The second kappa shape index (κ2) is 35.0. The van der Waals surface area contributed by atoms with Gasteiger partial charge in [-0.2, -0.15) is 0 Å². The van der Waals surface area contributed by atoms with E-state index in [2.05, 4.69) is 90.2 Å². The molecule has 0 aromatic rings. The Morgan fingerprint density at radius 2 is 0.889 bits per heavy atom. The molecule has 0 saturated heterocycles. The van der Waals surface area contributed by atoms with E-state index in [4.69, 9.17) is 28.4 Å². The van der Waals surface area contributed by atoms with Gasteiger partial charge in [-0.3, -0.25) is 9.59 Å². The first-order chi connectivity index (χ1) is 30.5. The van der Waals surface area contributed by atoms with Crippen molar-refractivity contribution in [2.45, 2.75) is 215 Å². The molecular formula is C54H94O9. The molecule has 2 aliphatic rings. The Kier molecular flexibility index (Phi) is 31.5. The Bertz CT molecular complexity index is 1240. The summed E-state index contributed by atoms with van der Waals surface area (Å²) < 4.78 is 36.8. The van der Waals surface area contributed by atoms with Crippen LogP contribution in [0, 0.1) is 22.2 Å². The van der Waals surface area contributed by atoms with Gasteiger partial charge in [0.1, 0.15) is 0 Å². The van der Waals surface area contributed by atoms with Gasteiger partial charge in [0.2, 0.25) is 0 Å². The van der Waals surface area contributed by atoms with E-state index in [0.29, 0.717) is 58.4 Å². The molecule has 2 fully saturated rings. The number of allylic oxidation sites excluding steroid dienone is 8. The van der Waals surface area contributed by atoms with Crippen LogP contribution in [0.2, 0.25) is 0 Å². The third-order valence-corrected chi connectivity index (χ3v) is 12.4. The Labute approximate surface area is 385 Å². The highest BCUT2D eigenvalue weighted by Gasteiger charge is 2.54. The number of carbonyl (C=O) groups is 2. The van der Waals surface area contributed by atoms with Crippen LogP contribution in [0.4, 0.5) is 0 Å². The van der Waals surface area contributed by atoms with Crippen molar-refractivity contribution in [3.8, 4) is 0 Å². The predicted molar refractivity (Wildman–Crippen MR) is 257 cm³/mol. The molecule has 0 heterocycles. The van der Waals surface area contributed by atoms with Crippen LogP contribution in [0.25, 0.3) is 0 Å². The van der Waals surface area contributed by atoms with Crippen molar-refractivity contribution >= 4 is 11.9 Å². The van der Waals surface area contributed by atoms with Gasteiger partial charge in [-0.25, -0.2) is 0 Å². The van der Waals surface area contributed by atoms with Crippen LogP contribution in [0.5, 0.6) is 0 Å². The van der Waals surface area contributed by atoms with E-state index in [0.717, 1.165) is 135 Å². The van der Waals surface area contributed by atoms with Crippen LogP contribution < -0.4 is 0 Å². The largest absolute Gasteiger partial charge is 0.465 e. The SMILES string of the molecule is CC/C=C\CCCCOC(CCC(=O)OCC1(C)CC2CC(C)(CO)CC(COC(=O)CCC(OCCCC/C=C\CC)OCCCC/C=C\CC)(C2)C1)OCCCC/C=C\CC. The maximum atomic E-state index is 13.4. The molecule has 364 valence electrons. The molecule has 0 radical (unpaired) electrons. The van der Waals surface area contributed by atoms with Crippen molar-refractivity contribution in [1.29, 1.82) is 0 Å². The Morgan fingerprint density at radius 1 is 0.524 bits per heavy atom. The lowest BCUT2D eigenvalue weighted by Gasteiger charge is -2.57. The molecule has 0 amide bonds. The van der Waals surface area contributed by atoms with E-state index in [1.165, 1.54) is 0 Å². The minimum Gasteiger partial charge on any atom is -0.465 e. The fourth-order valence-electron chi connectivity index (χ4n) is 9.76. The number of carbonyl (C=O) groups excluding carboxylic acids is 2. The lowest BCUT2D eigenvalue weighted by atomic mass is 9.49. The zero-order valence-corrected chi connectivity index (χ0v) is 41.2. The monoisotopic (exact) mass is 887 g/mol. The third-order valence-electron chi connectivity index (χ3n) is 12.4. The first kappa shape index (κ1) is 56.8. The number of rotatable bonds is 39. The van der Waals surface area contributed by atoms with Crippen LogP contribution in [-0.4, -0.2) is 75.9 Å². The van der Waals surface area contributed by atoms with Gasteiger partial charge < -0.3 is 33.5 Å². The fraction of sp³-hybridized carbons (Fsp3) is 0.815. The summed E-state index contributed by atoms with van der Waals surface area (Å²) in [6, 6.07) is 0. The van der Waals surface area contributed by atoms with E-state index >= 15 is 0 Å². The molecule has 0 aliphatic heterocycles. The number of aliphatic hydroxyl groups is 1. The second-order valence-electron chi connectivity index (χ2n) is 19.4. The molecule has 9 nitrogen and oxygen atoms in total. The summed E-state index contributed by atoms with van der Waals surface area (Å²) in [4.78, 5) is 26.7. The quantitative estimate of drug-likeness (QED) is 0.0279. The number of ether oxygens (including phenoxy) is 6. The standard InChI is InChI=1S/C54H94O9/c1-7-11-15-19-23-27-35-58-50(59-36-28-24-20-16-12-8-2)33-31-48(56)62-45-53(6)40-47-39-52(5,44-55)42-54(41-47,43-53)46-63-49(57)32-34-51(60-37-29-25-21-17-13-9-3)61-38-30-26-22-18-14-10-4/h11-18,47,50-51,55H,7-10,19-46H2,1-6H3/b15-11-,16-12-,17-13-,18-14-. The fourth-order valence-corrected chi connectivity index (χ4v) is 9.76. The zero-order chi connectivity index (χ0) is 45.9. The summed E-state index contributed by atoms with van der Waals surface area (Å²) in [6.07, 6.45) is 38.9. The number of hydrogen-bond donors (Lipinski definition) is 1. The maximum absolute atomic E-state index is 13.4. The first-order valence-corrected chi connectivity index (χ1v) is 25.5. The molecule has 2 saturated carbocycles. The summed E-state index contributed by atoms with van der Waals surface area (Å²) in [7, 11) is 0. The minimum absolute atomic E-state index is 0.0994. The highest BCUT2D eigenvalue weighted by molar-refractivity contribution is 5.69. The number of fused-ring (bicyclic) bond motifs is 2. The summed E-state index contributed by atoms with van der Waals surface area (Å²) in [5, 5.41) is 10.5. The molecule has 63 heavy (non-hydrogen) atoms. The predicted octanol–water partition coefficient (Wildman–Crippen LogP) is 13.5. The van der Waals surface area contributed by atoms with Crippen molar-refractivity contribution in [1.82, 2.24) is 0 Å². The van der Waals surface area contributed by atoms with Gasteiger partial charge >= 0.3 is 11.9 Å². The summed E-state index contributed by atoms with van der Waals surface area (Å²) >= 11 is 0.